The maximum Gasteiger partial charge on any atom is 0.338 e. The third-order valence-electron chi connectivity index (χ3n) is 5.82. The monoisotopic (exact) mass is 483 g/mol. The number of esters is 2. The van der Waals surface area contributed by atoms with Gasteiger partial charge in [0.2, 0.25) is 0 Å². The summed E-state index contributed by atoms with van der Waals surface area (Å²) in [7, 11) is 1.29. The Kier molecular flexibility index (Phi) is 7.06. The normalized spacial score (nSPS) is 12.2. The molecule has 4 aromatic carbocycles. The minimum atomic E-state index is -0.910. The lowest BCUT2D eigenvalue weighted by molar-refractivity contribution is -0.142. The molecule has 0 saturated carbocycles. The molecule has 0 aliphatic rings. The van der Waals surface area contributed by atoms with Crippen molar-refractivity contribution in [2.75, 3.05) is 7.11 Å². The van der Waals surface area contributed by atoms with E-state index < -0.39 is 23.6 Å². The van der Waals surface area contributed by atoms with Gasteiger partial charge in [-0.15, -0.1) is 0 Å². The molecule has 36 heavy (non-hydrogen) atoms. The van der Waals surface area contributed by atoms with Crippen molar-refractivity contribution in [1.82, 2.24) is 5.32 Å². The van der Waals surface area contributed by atoms with E-state index in [1.54, 1.807) is 24.3 Å². The fourth-order valence-electron chi connectivity index (χ4n) is 4.17. The minimum Gasteiger partial charge on any atom is -0.467 e. The van der Waals surface area contributed by atoms with Crippen molar-refractivity contribution in [3.8, 4) is 0 Å². The van der Waals surface area contributed by atoms with Gasteiger partial charge >= 0.3 is 11.9 Å². The van der Waals surface area contributed by atoms with Gasteiger partial charge in [0.15, 0.2) is 0 Å². The molecule has 6 nitrogen and oxygen atoms in total. The van der Waals surface area contributed by atoms with Gasteiger partial charge in [-0.3, -0.25) is 4.79 Å². The number of amides is 1. The van der Waals surface area contributed by atoms with E-state index in [0.29, 0.717) is 11.1 Å². The van der Waals surface area contributed by atoms with E-state index >= 15 is 0 Å². The molecule has 0 bridgehead atoms. The zero-order valence-corrected chi connectivity index (χ0v) is 20.8. The number of fused-ring (bicyclic) bond motifs is 2. The van der Waals surface area contributed by atoms with Gasteiger partial charge in [-0.2, -0.15) is 0 Å². The third-order valence-corrected chi connectivity index (χ3v) is 5.82. The van der Waals surface area contributed by atoms with Crippen LogP contribution in [0.1, 0.15) is 47.1 Å². The Balaban J connectivity index is 1.61. The first-order valence-corrected chi connectivity index (χ1v) is 11.8. The van der Waals surface area contributed by atoms with Gasteiger partial charge in [0.25, 0.3) is 5.91 Å². The smallest absolute Gasteiger partial charge is 0.338 e. The van der Waals surface area contributed by atoms with Gasteiger partial charge < -0.3 is 14.8 Å². The van der Waals surface area contributed by atoms with Crippen LogP contribution in [0.3, 0.4) is 0 Å². The predicted molar refractivity (Wildman–Crippen MR) is 140 cm³/mol. The summed E-state index contributed by atoms with van der Waals surface area (Å²) in [6.07, 6.45) is 0.204. The fraction of sp³-hybridized carbons (Fsp3) is 0.233. The molecule has 0 saturated heterocycles. The van der Waals surface area contributed by atoms with Gasteiger partial charge in [-0.05, 0) is 66.1 Å². The number of hydrogen-bond donors (Lipinski definition) is 1. The summed E-state index contributed by atoms with van der Waals surface area (Å²) in [5.74, 6) is -1.33. The summed E-state index contributed by atoms with van der Waals surface area (Å²) in [4.78, 5) is 38.5. The Bertz CT molecular complexity index is 1380. The molecule has 184 valence electrons. The van der Waals surface area contributed by atoms with Crippen molar-refractivity contribution >= 4 is 39.4 Å². The second-order valence-corrected chi connectivity index (χ2v) is 9.65. The highest BCUT2D eigenvalue weighted by atomic mass is 16.6. The van der Waals surface area contributed by atoms with Crippen molar-refractivity contribution in [3.05, 3.63) is 95.6 Å². The van der Waals surface area contributed by atoms with E-state index in [-0.39, 0.29) is 12.3 Å². The Morgan fingerprint density at radius 1 is 0.833 bits per heavy atom. The Morgan fingerprint density at radius 2 is 1.39 bits per heavy atom. The van der Waals surface area contributed by atoms with Crippen LogP contribution in [0.5, 0.6) is 0 Å². The summed E-state index contributed by atoms with van der Waals surface area (Å²) in [5.41, 5.74) is 1.09. The summed E-state index contributed by atoms with van der Waals surface area (Å²) < 4.78 is 10.4. The van der Waals surface area contributed by atoms with Crippen LogP contribution in [-0.4, -0.2) is 36.6 Å². The molecule has 1 amide bonds. The summed E-state index contributed by atoms with van der Waals surface area (Å²) in [6, 6.07) is 23.3. The lowest BCUT2D eigenvalue weighted by Crippen LogP contribution is -2.43. The van der Waals surface area contributed by atoms with Crippen LogP contribution in [0.4, 0.5) is 0 Å². The second-order valence-electron chi connectivity index (χ2n) is 9.65. The van der Waals surface area contributed by atoms with E-state index in [1.165, 1.54) is 7.11 Å². The fourth-order valence-corrected chi connectivity index (χ4v) is 4.17. The van der Waals surface area contributed by atoms with Crippen LogP contribution in [0, 0.1) is 0 Å². The molecule has 0 spiro atoms. The topological polar surface area (TPSA) is 81.7 Å². The van der Waals surface area contributed by atoms with Crippen LogP contribution in [-0.2, 0) is 20.7 Å². The summed E-state index contributed by atoms with van der Waals surface area (Å²) >= 11 is 0. The molecule has 4 rings (SSSR count). The first kappa shape index (κ1) is 24.9. The van der Waals surface area contributed by atoms with Crippen molar-refractivity contribution in [2.24, 2.45) is 0 Å². The van der Waals surface area contributed by atoms with Crippen LogP contribution >= 0.6 is 0 Å². The van der Waals surface area contributed by atoms with Gasteiger partial charge in [0.1, 0.15) is 11.6 Å². The number of carbonyl (C=O) groups excluding carboxylic acids is 3. The third kappa shape index (κ3) is 5.54. The van der Waals surface area contributed by atoms with E-state index in [9.17, 15) is 14.4 Å². The minimum absolute atomic E-state index is 0.204. The van der Waals surface area contributed by atoms with Crippen molar-refractivity contribution < 1.29 is 23.9 Å². The van der Waals surface area contributed by atoms with E-state index in [0.717, 1.165) is 27.1 Å². The van der Waals surface area contributed by atoms with Gasteiger partial charge in [-0.25, -0.2) is 9.59 Å². The molecule has 0 unspecified atom stereocenters. The molecule has 1 atom stereocenters. The molecule has 4 aromatic rings. The van der Waals surface area contributed by atoms with Gasteiger partial charge in [0, 0.05) is 6.42 Å². The zero-order chi connectivity index (χ0) is 25.9. The average molecular weight is 484 g/mol. The lowest BCUT2D eigenvalue weighted by atomic mass is 9.95. The number of nitrogens with one attached hydrogen (secondary N) is 1. The van der Waals surface area contributed by atoms with Crippen molar-refractivity contribution in [1.29, 1.82) is 0 Å². The number of hydrogen-bond acceptors (Lipinski definition) is 5. The lowest BCUT2D eigenvalue weighted by Gasteiger charge is -2.20. The molecule has 0 radical (unpaired) electrons. The highest BCUT2D eigenvalue weighted by Crippen LogP contribution is 2.28. The second kappa shape index (κ2) is 10.2. The first-order chi connectivity index (χ1) is 17.2. The molecular formula is C30H29NO5. The van der Waals surface area contributed by atoms with Gasteiger partial charge in [-0.1, -0.05) is 60.7 Å². The maximum absolute atomic E-state index is 13.6. The molecular weight excluding hydrogens is 454 g/mol. The number of methoxy groups -OCH3 is 1. The Morgan fingerprint density at radius 3 is 1.92 bits per heavy atom. The number of benzene rings is 4. The zero-order valence-electron chi connectivity index (χ0n) is 20.8. The average Bonchev–Trinajstić information content (AvgIpc) is 2.85. The van der Waals surface area contributed by atoms with Crippen LogP contribution in [0.15, 0.2) is 78.9 Å². The van der Waals surface area contributed by atoms with Crippen molar-refractivity contribution in [3.63, 3.8) is 0 Å². The molecule has 1 N–H and O–H groups in total. The largest absolute Gasteiger partial charge is 0.467 e. The van der Waals surface area contributed by atoms with Crippen molar-refractivity contribution in [2.45, 2.75) is 38.8 Å². The van der Waals surface area contributed by atoms with E-state index in [1.807, 2.05) is 75.4 Å². The van der Waals surface area contributed by atoms with Crippen LogP contribution in [0.25, 0.3) is 21.5 Å². The quantitative estimate of drug-likeness (QED) is 0.291. The Hall–Kier alpha value is -4.19. The van der Waals surface area contributed by atoms with Crippen LogP contribution < -0.4 is 5.32 Å². The standard InChI is InChI=1S/C30H29NO5/c1-30(2,3)36-28(33)20-15-13-19(14-16-20)17-25(29(34)35-4)31-27(32)26-23-11-7-5-9-21(23)18-22-10-6-8-12-24(22)26/h5-16,18,25H,17H2,1-4H3,(H,31,32)/t25-/m1/s1. The molecule has 6 heteroatoms. The maximum atomic E-state index is 13.6. The number of ether oxygens (including phenoxy) is 2. The van der Waals surface area contributed by atoms with Crippen LogP contribution in [0.2, 0.25) is 0 Å². The molecule has 0 fully saturated rings. The SMILES string of the molecule is COC(=O)[C@@H](Cc1ccc(C(=O)OC(C)(C)C)cc1)NC(=O)c1c2ccccc2cc2ccccc12. The number of rotatable bonds is 6. The number of carbonyl (C=O) groups is 3. The molecule has 0 aliphatic carbocycles. The highest BCUT2D eigenvalue weighted by molar-refractivity contribution is 6.18. The summed E-state index contributed by atoms with van der Waals surface area (Å²) in [6.45, 7) is 5.42. The molecule has 0 aliphatic heterocycles. The van der Waals surface area contributed by atoms with E-state index in [2.05, 4.69) is 5.32 Å². The predicted octanol–water partition coefficient (Wildman–Crippen LogP) is 5.46. The first-order valence-electron chi connectivity index (χ1n) is 11.8. The Labute approximate surface area is 210 Å². The molecule has 0 heterocycles. The summed E-state index contributed by atoms with van der Waals surface area (Å²) in [5, 5.41) is 6.37. The van der Waals surface area contributed by atoms with E-state index in [4.69, 9.17) is 9.47 Å². The van der Waals surface area contributed by atoms with Gasteiger partial charge in [0.05, 0.1) is 18.2 Å². The highest BCUT2D eigenvalue weighted by Gasteiger charge is 2.25. The molecule has 0 aromatic heterocycles.